The minimum absolute atomic E-state index is 0.0720. The molecular weight excluding hydrogens is 198 g/mol. The van der Waals surface area contributed by atoms with E-state index < -0.39 is 0 Å². The summed E-state index contributed by atoms with van der Waals surface area (Å²) in [5, 5.41) is 9.12. The van der Waals surface area contributed by atoms with E-state index in [1.807, 2.05) is 6.20 Å². The summed E-state index contributed by atoms with van der Waals surface area (Å²) in [6.07, 6.45) is 10.1. The van der Waals surface area contributed by atoms with E-state index in [0.717, 1.165) is 17.5 Å². The summed E-state index contributed by atoms with van der Waals surface area (Å²) in [4.78, 5) is 4.26. The van der Waals surface area contributed by atoms with Gasteiger partial charge in [0, 0.05) is 6.20 Å². The lowest BCUT2D eigenvalue weighted by atomic mass is 9.95. The van der Waals surface area contributed by atoms with Gasteiger partial charge >= 0.3 is 0 Å². The maximum atomic E-state index is 9.12. The van der Waals surface area contributed by atoms with Crippen LogP contribution in [0.25, 0.3) is 0 Å². The van der Waals surface area contributed by atoms with E-state index in [9.17, 15) is 0 Å². The van der Waals surface area contributed by atoms with E-state index in [0.29, 0.717) is 0 Å². The van der Waals surface area contributed by atoms with Crippen molar-refractivity contribution >= 4 is 0 Å². The first-order valence-electron chi connectivity index (χ1n) is 6.45. The number of pyridine rings is 1. The van der Waals surface area contributed by atoms with Crippen molar-refractivity contribution in [2.75, 3.05) is 0 Å². The highest BCUT2D eigenvalue weighted by molar-refractivity contribution is 5.34. The molecule has 86 valence electrons. The minimum atomic E-state index is 0.0720. The third-order valence-corrected chi connectivity index (χ3v) is 4.06. The van der Waals surface area contributed by atoms with Crippen LogP contribution >= 0.6 is 0 Å². The van der Waals surface area contributed by atoms with Crippen LogP contribution in [0.1, 0.15) is 54.8 Å². The van der Waals surface area contributed by atoms with Gasteiger partial charge in [-0.15, -0.1) is 0 Å². The summed E-state index contributed by atoms with van der Waals surface area (Å²) in [6, 6.07) is 2.12. The molecule has 2 nitrogen and oxygen atoms in total. The average Bonchev–Trinajstić information content (AvgIpc) is 3.06. The van der Waals surface area contributed by atoms with Gasteiger partial charge in [0.2, 0.25) is 0 Å². The maximum absolute atomic E-state index is 9.12. The molecule has 1 saturated carbocycles. The predicted molar refractivity (Wildman–Crippen MR) is 63.2 cm³/mol. The highest BCUT2D eigenvalue weighted by Gasteiger charge is 2.27. The van der Waals surface area contributed by atoms with Gasteiger partial charge in [0.05, 0.1) is 12.3 Å². The van der Waals surface area contributed by atoms with Crippen molar-refractivity contribution in [3.05, 3.63) is 29.1 Å². The predicted octanol–water partition coefficient (Wildman–Crippen LogP) is 2.79. The van der Waals surface area contributed by atoms with Gasteiger partial charge in [0.15, 0.2) is 0 Å². The molecule has 3 rings (SSSR count). The van der Waals surface area contributed by atoms with Crippen LogP contribution in [0.3, 0.4) is 0 Å². The largest absolute Gasteiger partial charge is 0.390 e. The van der Waals surface area contributed by atoms with E-state index in [2.05, 4.69) is 11.1 Å². The summed E-state index contributed by atoms with van der Waals surface area (Å²) < 4.78 is 0. The number of hydrogen-bond acceptors (Lipinski definition) is 2. The maximum Gasteiger partial charge on any atom is 0.0853 e. The Morgan fingerprint density at radius 3 is 2.88 bits per heavy atom. The Balaban J connectivity index is 1.74. The molecule has 0 radical (unpaired) electrons. The summed E-state index contributed by atoms with van der Waals surface area (Å²) >= 11 is 0. The molecule has 1 aromatic rings. The topological polar surface area (TPSA) is 33.1 Å². The Bertz CT molecular complexity index is 384. The third kappa shape index (κ3) is 1.99. The Hall–Kier alpha value is -0.890. The molecular formula is C14H19NO. The first kappa shape index (κ1) is 10.3. The van der Waals surface area contributed by atoms with Crippen molar-refractivity contribution in [3.63, 3.8) is 0 Å². The molecule has 2 aliphatic rings. The number of hydrogen-bond donors (Lipinski definition) is 1. The number of aromatic nitrogens is 1. The van der Waals surface area contributed by atoms with Gasteiger partial charge in [-0.05, 0) is 54.7 Å². The number of fused-ring (bicyclic) bond motifs is 1. The quantitative estimate of drug-likeness (QED) is 0.841. The second-order valence-electron chi connectivity index (χ2n) is 5.29. The van der Waals surface area contributed by atoms with Crippen molar-refractivity contribution in [2.24, 2.45) is 5.92 Å². The molecule has 2 aliphatic carbocycles. The monoisotopic (exact) mass is 217 g/mol. The van der Waals surface area contributed by atoms with Crippen LogP contribution in [0.5, 0.6) is 0 Å². The smallest absolute Gasteiger partial charge is 0.0853 e. The molecule has 0 aliphatic heterocycles. The molecule has 1 aromatic heterocycles. The molecule has 1 atom stereocenters. The summed E-state index contributed by atoms with van der Waals surface area (Å²) in [5.41, 5.74) is 3.72. The SMILES string of the molecule is OCc1cc2c(cn1)CC[C@H]2CCC1CC1. The van der Waals surface area contributed by atoms with Gasteiger partial charge in [-0.25, -0.2) is 0 Å². The summed E-state index contributed by atoms with van der Waals surface area (Å²) in [7, 11) is 0. The third-order valence-electron chi connectivity index (χ3n) is 4.06. The second-order valence-corrected chi connectivity index (χ2v) is 5.29. The fourth-order valence-electron chi connectivity index (χ4n) is 2.85. The van der Waals surface area contributed by atoms with Crippen molar-refractivity contribution in [2.45, 2.75) is 51.0 Å². The number of aryl methyl sites for hydroxylation is 1. The van der Waals surface area contributed by atoms with Crippen LogP contribution in [-0.2, 0) is 13.0 Å². The lowest BCUT2D eigenvalue weighted by Crippen LogP contribution is -1.97. The van der Waals surface area contributed by atoms with Gasteiger partial charge < -0.3 is 5.11 Å². The van der Waals surface area contributed by atoms with Gasteiger partial charge in [-0.2, -0.15) is 0 Å². The Kier molecular flexibility index (Phi) is 2.68. The summed E-state index contributed by atoms with van der Waals surface area (Å²) in [6.45, 7) is 0.0720. The highest BCUT2D eigenvalue weighted by atomic mass is 16.3. The van der Waals surface area contributed by atoms with E-state index >= 15 is 0 Å². The van der Waals surface area contributed by atoms with Crippen LogP contribution < -0.4 is 0 Å². The molecule has 0 spiro atoms. The highest BCUT2D eigenvalue weighted by Crippen LogP contribution is 2.41. The zero-order valence-corrected chi connectivity index (χ0v) is 9.65. The van der Waals surface area contributed by atoms with Crippen molar-refractivity contribution in [1.82, 2.24) is 4.98 Å². The molecule has 2 heteroatoms. The minimum Gasteiger partial charge on any atom is -0.390 e. The number of nitrogens with zero attached hydrogens (tertiary/aromatic N) is 1. The van der Waals surface area contributed by atoms with E-state index in [-0.39, 0.29) is 6.61 Å². The number of rotatable bonds is 4. The van der Waals surface area contributed by atoms with Crippen LogP contribution in [0.15, 0.2) is 12.3 Å². The van der Waals surface area contributed by atoms with Crippen molar-refractivity contribution in [1.29, 1.82) is 0 Å². The zero-order valence-electron chi connectivity index (χ0n) is 9.65. The molecule has 0 unspecified atom stereocenters. The Morgan fingerprint density at radius 2 is 2.12 bits per heavy atom. The second kappa shape index (κ2) is 4.17. The van der Waals surface area contributed by atoms with E-state index in [4.69, 9.17) is 5.11 Å². The summed E-state index contributed by atoms with van der Waals surface area (Å²) in [5.74, 6) is 1.77. The van der Waals surface area contributed by atoms with Gasteiger partial charge in [0.25, 0.3) is 0 Å². The van der Waals surface area contributed by atoms with Gasteiger partial charge in [-0.3, -0.25) is 4.98 Å². The van der Waals surface area contributed by atoms with Crippen molar-refractivity contribution in [3.8, 4) is 0 Å². The standard InChI is InChI=1S/C14H19NO/c16-9-13-7-14-11(4-3-10-1-2-10)5-6-12(14)8-15-13/h7-8,10-11,16H,1-6,9H2/t11-/m1/s1. The van der Waals surface area contributed by atoms with Crippen molar-refractivity contribution < 1.29 is 5.11 Å². The van der Waals surface area contributed by atoms with Crippen LogP contribution in [-0.4, -0.2) is 10.1 Å². The van der Waals surface area contributed by atoms with Crippen LogP contribution in [0.4, 0.5) is 0 Å². The fraction of sp³-hybridized carbons (Fsp3) is 0.643. The van der Waals surface area contributed by atoms with Crippen LogP contribution in [0, 0.1) is 5.92 Å². The molecule has 1 heterocycles. The van der Waals surface area contributed by atoms with E-state index in [1.165, 1.54) is 49.7 Å². The first-order chi connectivity index (χ1) is 7.86. The van der Waals surface area contributed by atoms with E-state index in [1.54, 1.807) is 0 Å². The molecule has 16 heavy (non-hydrogen) atoms. The van der Waals surface area contributed by atoms with Gasteiger partial charge in [0.1, 0.15) is 0 Å². The lowest BCUT2D eigenvalue weighted by molar-refractivity contribution is 0.276. The molecule has 1 N–H and O–H groups in total. The average molecular weight is 217 g/mol. The van der Waals surface area contributed by atoms with Gasteiger partial charge in [-0.1, -0.05) is 12.8 Å². The molecule has 1 fully saturated rings. The first-order valence-corrected chi connectivity index (χ1v) is 6.45. The van der Waals surface area contributed by atoms with Crippen LogP contribution in [0.2, 0.25) is 0 Å². The number of aliphatic hydroxyl groups is 1. The lowest BCUT2D eigenvalue weighted by Gasteiger charge is -2.11. The molecule has 0 saturated heterocycles. The molecule has 0 bridgehead atoms. The molecule has 0 amide bonds. The molecule has 0 aromatic carbocycles. The zero-order chi connectivity index (χ0) is 11.0. The fourth-order valence-corrected chi connectivity index (χ4v) is 2.85. The Morgan fingerprint density at radius 1 is 1.25 bits per heavy atom. The normalized spacial score (nSPS) is 23.4. The number of aliphatic hydroxyl groups excluding tert-OH is 1. The Labute approximate surface area is 96.7 Å².